The van der Waals surface area contributed by atoms with E-state index in [1.807, 2.05) is 19.2 Å². The number of ether oxygens (including phenoxy) is 2. The first-order chi connectivity index (χ1) is 14.7. The first kappa shape index (κ1) is 22.0. The highest BCUT2D eigenvalue weighted by molar-refractivity contribution is 5.79. The SMILES string of the molecule is CN=C(NCCc1ccc(OC)c(OC)c1)NCC1CCCN1Cc1ccccc1. The molecule has 1 heterocycles. The minimum Gasteiger partial charge on any atom is -0.493 e. The van der Waals surface area contributed by atoms with Gasteiger partial charge in [-0.3, -0.25) is 9.89 Å². The fourth-order valence-electron chi connectivity index (χ4n) is 3.95. The van der Waals surface area contributed by atoms with Crippen molar-refractivity contribution in [3.05, 3.63) is 59.7 Å². The van der Waals surface area contributed by atoms with Gasteiger partial charge in [0.05, 0.1) is 14.2 Å². The Hall–Kier alpha value is -2.73. The fraction of sp³-hybridized carbons (Fsp3) is 0.458. The predicted octanol–water partition coefficient (Wildman–Crippen LogP) is 3.08. The minimum atomic E-state index is 0.537. The zero-order valence-corrected chi connectivity index (χ0v) is 18.4. The van der Waals surface area contributed by atoms with E-state index in [4.69, 9.17) is 9.47 Å². The molecular formula is C24H34N4O2. The van der Waals surface area contributed by atoms with Crippen molar-refractivity contribution in [3.63, 3.8) is 0 Å². The van der Waals surface area contributed by atoms with E-state index in [0.29, 0.717) is 6.04 Å². The first-order valence-corrected chi connectivity index (χ1v) is 10.7. The lowest BCUT2D eigenvalue weighted by molar-refractivity contribution is 0.245. The van der Waals surface area contributed by atoms with E-state index in [2.05, 4.69) is 56.9 Å². The van der Waals surface area contributed by atoms with Crippen LogP contribution in [-0.2, 0) is 13.0 Å². The zero-order valence-electron chi connectivity index (χ0n) is 18.4. The number of benzene rings is 2. The van der Waals surface area contributed by atoms with Crippen molar-refractivity contribution in [2.45, 2.75) is 31.8 Å². The number of hydrogen-bond donors (Lipinski definition) is 2. The quantitative estimate of drug-likeness (QED) is 0.492. The summed E-state index contributed by atoms with van der Waals surface area (Å²) in [6, 6.07) is 17.3. The highest BCUT2D eigenvalue weighted by Crippen LogP contribution is 2.27. The third kappa shape index (κ3) is 6.13. The van der Waals surface area contributed by atoms with Crippen molar-refractivity contribution in [2.24, 2.45) is 4.99 Å². The molecule has 2 aromatic carbocycles. The Balaban J connectivity index is 1.44. The summed E-state index contributed by atoms with van der Waals surface area (Å²) in [5.41, 5.74) is 2.57. The molecule has 1 fully saturated rings. The Kier molecular flexibility index (Phi) is 8.39. The molecule has 2 N–H and O–H groups in total. The monoisotopic (exact) mass is 410 g/mol. The van der Waals surface area contributed by atoms with Gasteiger partial charge in [-0.15, -0.1) is 0 Å². The van der Waals surface area contributed by atoms with Crippen LogP contribution >= 0.6 is 0 Å². The lowest BCUT2D eigenvalue weighted by Crippen LogP contribution is -2.45. The van der Waals surface area contributed by atoms with Gasteiger partial charge in [-0.1, -0.05) is 36.4 Å². The zero-order chi connectivity index (χ0) is 21.2. The maximum atomic E-state index is 5.39. The van der Waals surface area contributed by atoms with E-state index < -0.39 is 0 Å². The molecule has 1 saturated heterocycles. The summed E-state index contributed by atoms with van der Waals surface area (Å²) >= 11 is 0. The molecule has 1 atom stereocenters. The van der Waals surface area contributed by atoms with E-state index in [0.717, 1.165) is 50.1 Å². The van der Waals surface area contributed by atoms with Gasteiger partial charge in [0.15, 0.2) is 17.5 Å². The van der Waals surface area contributed by atoms with Gasteiger partial charge >= 0.3 is 0 Å². The Morgan fingerprint density at radius 2 is 1.83 bits per heavy atom. The largest absolute Gasteiger partial charge is 0.493 e. The number of nitrogens with one attached hydrogen (secondary N) is 2. The van der Waals surface area contributed by atoms with Crippen molar-refractivity contribution in [2.75, 3.05) is 40.9 Å². The Morgan fingerprint density at radius 3 is 2.57 bits per heavy atom. The molecular weight excluding hydrogens is 376 g/mol. The molecule has 3 rings (SSSR count). The summed E-state index contributed by atoms with van der Waals surface area (Å²) in [5.74, 6) is 2.36. The van der Waals surface area contributed by atoms with Crippen LogP contribution in [0.25, 0.3) is 0 Å². The second kappa shape index (κ2) is 11.5. The second-order valence-corrected chi connectivity index (χ2v) is 7.57. The third-order valence-electron chi connectivity index (χ3n) is 5.61. The van der Waals surface area contributed by atoms with E-state index in [1.165, 1.54) is 24.0 Å². The van der Waals surface area contributed by atoms with Gasteiger partial charge in [-0.2, -0.15) is 0 Å². The van der Waals surface area contributed by atoms with Gasteiger partial charge in [0.1, 0.15) is 0 Å². The van der Waals surface area contributed by atoms with Crippen molar-refractivity contribution >= 4 is 5.96 Å². The maximum absolute atomic E-state index is 5.39. The fourth-order valence-corrected chi connectivity index (χ4v) is 3.95. The van der Waals surface area contributed by atoms with Crippen molar-refractivity contribution in [3.8, 4) is 11.5 Å². The number of methoxy groups -OCH3 is 2. The average molecular weight is 411 g/mol. The molecule has 6 heteroatoms. The van der Waals surface area contributed by atoms with Gasteiger partial charge < -0.3 is 20.1 Å². The van der Waals surface area contributed by atoms with Crippen LogP contribution in [-0.4, -0.2) is 57.8 Å². The Labute approximate surface area is 180 Å². The smallest absolute Gasteiger partial charge is 0.191 e. The summed E-state index contributed by atoms with van der Waals surface area (Å²) in [7, 11) is 5.14. The molecule has 0 saturated carbocycles. The normalized spacial score (nSPS) is 17.0. The van der Waals surface area contributed by atoms with Crippen LogP contribution < -0.4 is 20.1 Å². The number of hydrogen-bond acceptors (Lipinski definition) is 4. The standard InChI is InChI=1S/C24H34N4O2/c1-25-24(26-14-13-19-11-12-22(29-2)23(16-19)30-3)27-17-21-10-7-15-28(21)18-20-8-5-4-6-9-20/h4-6,8-9,11-12,16,21H,7,10,13-15,17-18H2,1-3H3,(H2,25,26,27). The molecule has 0 bridgehead atoms. The predicted molar refractivity (Wildman–Crippen MR) is 122 cm³/mol. The Morgan fingerprint density at radius 1 is 1.03 bits per heavy atom. The molecule has 30 heavy (non-hydrogen) atoms. The number of guanidine groups is 1. The summed E-state index contributed by atoms with van der Waals surface area (Å²) in [6.45, 7) is 3.88. The van der Waals surface area contributed by atoms with Crippen LogP contribution in [0.1, 0.15) is 24.0 Å². The average Bonchev–Trinajstić information content (AvgIpc) is 3.23. The van der Waals surface area contributed by atoms with Crippen LogP contribution in [0, 0.1) is 0 Å². The topological polar surface area (TPSA) is 58.1 Å². The molecule has 0 amide bonds. The maximum Gasteiger partial charge on any atom is 0.191 e. The third-order valence-corrected chi connectivity index (χ3v) is 5.61. The van der Waals surface area contributed by atoms with Crippen molar-refractivity contribution in [1.82, 2.24) is 15.5 Å². The van der Waals surface area contributed by atoms with Crippen LogP contribution in [0.3, 0.4) is 0 Å². The number of rotatable bonds is 9. The van der Waals surface area contributed by atoms with Crippen LogP contribution in [0.15, 0.2) is 53.5 Å². The summed E-state index contributed by atoms with van der Waals surface area (Å²) in [5, 5.41) is 6.93. The van der Waals surface area contributed by atoms with Gasteiger partial charge in [0.25, 0.3) is 0 Å². The van der Waals surface area contributed by atoms with E-state index in [9.17, 15) is 0 Å². The van der Waals surface area contributed by atoms with Crippen LogP contribution in [0.5, 0.6) is 11.5 Å². The molecule has 0 spiro atoms. The molecule has 1 aliphatic heterocycles. The summed E-state index contributed by atoms with van der Waals surface area (Å²) in [6.07, 6.45) is 3.36. The Bertz CT molecular complexity index is 810. The highest BCUT2D eigenvalue weighted by atomic mass is 16.5. The molecule has 6 nitrogen and oxygen atoms in total. The van der Waals surface area contributed by atoms with Crippen LogP contribution in [0.2, 0.25) is 0 Å². The van der Waals surface area contributed by atoms with Crippen molar-refractivity contribution in [1.29, 1.82) is 0 Å². The summed E-state index contributed by atoms with van der Waals surface area (Å²) in [4.78, 5) is 6.95. The second-order valence-electron chi connectivity index (χ2n) is 7.57. The van der Waals surface area contributed by atoms with Crippen LogP contribution in [0.4, 0.5) is 0 Å². The van der Waals surface area contributed by atoms with Gasteiger partial charge in [0.2, 0.25) is 0 Å². The van der Waals surface area contributed by atoms with Gasteiger partial charge in [-0.25, -0.2) is 0 Å². The lowest BCUT2D eigenvalue weighted by atomic mass is 10.1. The summed E-state index contributed by atoms with van der Waals surface area (Å²) < 4.78 is 10.7. The van der Waals surface area contributed by atoms with E-state index in [1.54, 1.807) is 14.2 Å². The van der Waals surface area contributed by atoms with E-state index in [-0.39, 0.29) is 0 Å². The molecule has 162 valence electrons. The first-order valence-electron chi connectivity index (χ1n) is 10.7. The highest BCUT2D eigenvalue weighted by Gasteiger charge is 2.24. The van der Waals surface area contributed by atoms with Crippen molar-refractivity contribution < 1.29 is 9.47 Å². The van der Waals surface area contributed by atoms with Gasteiger partial charge in [0, 0.05) is 32.7 Å². The number of aliphatic imine (C=N–C) groups is 1. The molecule has 1 unspecified atom stereocenters. The molecule has 2 aromatic rings. The molecule has 0 aliphatic carbocycles. The molecule has 0 radical (unpaired) electrons. The van der Waals surface area contributed by atoms with E-state index >= 15 is 0 Å². The number of nitrogens with zero attached hydrogens (tertiary/aromatic N) is 2. The molecule has 1 aliphatic rings. The van der Waals surface area contributed by atoms with Gasteiger partial charge in [-0.05, 0) is 49.1 Å². The molecule has 0 aromatic heterocycles. The lowest BCUT2D eigenvalue weighted by Gasteiger charge is -2.25. The minimum absolute atomic E-state index is 0.537. The number of likely N-dealkylation sites (tertiary alicyclic amines) is 1.